The molecule has 0 radical (unpaired) electrons. The normalized spacial score (nSPS) is 14.0. The van der Waals surface area contributed by atoms with Crippen LogP contribution in [-0.2, 0) is 6.18 Å². The summed E-state index contributed by atoms with van der Waals surface area (Å²) in [6.45, 7) is 5.82. The molecule has 0 aliphatic carbocycles. The van der Waals surface area contributed by atoms with Crippen molar-refractivity contribution >= 4 is 22.9 Å². The molecule has 26 heavy (non-hydrogen) atoms. The molecule has 0 unspecified atom stereocenters. The molecule has 1 fully saturated rings. The van der Waals surface area contributed by atoms with E-state index in [-0.39, 0.29) is 5.75 Å². The zero-order valence-electron chi connectivity index (χ0n) is 14.6. The van der Waals surface area contributed by atoms with Gasteiger partial charge >= 0.3 is 11.3 Å². The maximum Gasteiger partial charge on any atom is 0.416 e. The molecule has 7 heteroatoms. The van der Waals surface area contributed by atoms with Crippen LogP contribution < -0.4 is 9.50 Å². The lowest BCUT2D eigenvalue weighted by atomic mass is 10.1. The van der Waals surface area contributed by atoms with Gasteiger partial charge in [-0.25, -0.2) is 5.32 Å². The number of hydrogen-bond donors (Lipinski definition) is 1. The van der Waals surface area contributed by atoms with Crippen LogP contribution in [0.5, 0.6) is 5.75 Å². The number of aryl methyl sites for hydroxylation is 2. The maximum atomic E-state index is 12.8. The van der Waals surface area contributed by atoms with Gasteiger partial charge in [0.2, 0.25) is 0 Å². The van der Waals surface area contributed by atoms with Crippen molar-refractivity contribution in [3.8, 4) is 5.75 Å². The van der Waals surface area contributed by atoms with Crippen molar-refractivity contribution in [3.63, 3.8) is 0 Å². The van der Waals surface area contributed by atoms with Crippen molar-refractivity contribution in [2.45, 2.75) is 26.4 Å². The smallest absolute Gasteiger partial charge is 0.414 e. The minimum absolute atomic E-state index is 0.172. The van der Waals surface area contributed by atoms with Gasteiger partial charge in [-0.05, 0) is 43.2 Å². The fourth-order valence-corrected chi connectivity index (χ4v) is 3.31. The molecule has 0 spiro atoms. The van der Waals surface area contributed by atoms with Crippen LogP contribution in [0.1, 0.15) is 23.1 Å². The summed E-state index contributed by atoms with van der Waals surface area (Å²) in [6.07, 6.45) is -3.30. The van der Waals surface area contributed by atoms with E-state index in [4.69, 9.17) is 4.18 Å². The third-order valence-electron chi connectivity index (χ3n) is 4.23. The van der Waals surface area contributed by atoms with Crippen LogP contribution >= 0.6 is 12.0 Å². The topological polar surface area (TPSA) is 24.3 Å². The Kier molecular flexibility index (Phi) is 5.46. The fraction of sp³-hybridized carbons (Fsp3) is 0.316. The molecule has 0 atom stereocenters. The SMILES string of the molecule is Cc1cccc(C)c1NC(SOc1cccc(C(F)(F)F)c1)=[N+]1CCC1. The number of amidine groups is 1. The molecule has 2 aromatic rings. The van der Waals surface area contributed by atoms with Crippen LogP contribution in [0.2, 0.25) is 0 Å². The van der Waals surface area contributed by atoms with E-state index in [1.807, 2.05) is 32.0 Å². The highest BCUT2D eigenvalue weighted by atomic mass is 32.2. The monoisotopic (exact) mass is 381 g/mol. The number of anilines is 1. The molecule has 0 saturated carbocycles. The molecule has 138 valence electrons. The van der Waals surface area contributed by atoms with E-state index in [0.29, 0.717) is 0 Å². The minimum Gasteiger partial charge on any atom is -0.414 e. The highest BCUT2D eigenvalue weighted by molar-refractivity contribution is 8.10. The highest BCUT2D eigenvalue weighted by Crippen LogP contribution is 2.32. The molecule has 1 aliphatic heterocycles. The van der Waals surface area contributed by atoms with E-state index in [0.717, 1.165) is 65.7 Å². The van der Waals surface area contributed by atoms with Crippen molar-refractivity contribution in [1.29, 1.82) is 0 Å². The first-order valence-corrected chi connectivity index (χ1v) is 9.05. The molecule has 0 aromatic heterocycles. The number of benzene rings is 2. The van der Waals surface area contributed by atoms with Gasteiger partial charge in [-0.15, -0.1) is 0 Å². The van der Waals surface area contributed by atoms with Crippen molar-refractivity contribution in [2.24, 2.45) is 0 Å². The molecule has 0 amide bonds. The third kappa shape index (κ3) is 4.33. The predicted octanol–water partition coefficient (Wildman–Crippen LogP) is 5.23. The number of nitrogens with one attached hydrogen (secondary N) is 1. The van der Waals surface area contributed by atoms with Crippen molar-refractivity contribution < 1.29 is 21.9 Å². The Morgan fingerprint density at radius 1 is 1.08 bits per heavy atom. The van der Waals surface area contributed by atoms with Crippen molar-refractivity contribution in [2.75, 3.05) is 18.4 Å². The largest absolute Gasteiger partial charge is 0.416 e. The van der Waals surface area contributed by atoms with Gasteiger partial charge in [0.25, 0.3) is 0 Å². The van der Waals surface area contributed by atoms with Gasteiger partial charge in [-0.2, -0.15) is 13.2 Å². The van der Waals surface area contributed by atoms with Crippen molar-refractivity contribution in [3.05, 3.63) is 59.2 Å². The number of hydrogen-bond acceptors (Lipinski definition) is 2. The van der Waals surface area contributed by atoms with Crippen LogP contribution in [-0.4, -0.2) is 22.8 Å². The van der Waals surface area contributed by atoms with E-state index >= 15 is 0 Å². The average Bonchev–Trinajstić information content (AvgIpc) is 2.53. The number of halogens is 3. The third-order valence-corrected chi connectivity index (χ3v) is 5.03. The summed E-state index contributed by atoms with van der Waals surface area (Å²) in [5, 5.41) is 4.17. The average molecular weight is 381 g/mol. The maximum absolute atomic E-state index is 12.8. The first-order chi connectivity index (χ1) is 12.3. The van der Waals surface area contributed by atoms with Crippen LogP contribution in [0.25, 0.3) is 0 Å². The van der Waals surface area contributed by atoms with Crippen molar-refractivity contribution in [1.82, 2.24) is 0 Å². The number of para-hydroxylation sites is 1. The van der Waals surface area contributed by atoms with Gasteiger partial charge in [0.15, 0.2) is 12.0 Å². The lowest BCUT2D eigenvalue weighted by Crippen LogP contribution is -2.36. The summed E-state index contributed by atoms with van der Waals surface area (Å²) in [6, 6.07) is 10.9. The molecule has 0 bridgehead atoms. The minimum atomic E-state index is -4.38. The zero-order valence-corrected chi connectivity index (χ0v) is 15.4. The molecule has 2 aromatic carbocycles. The predicted molar refractivity (Wildman–Crippen MR) is 98.8 cm³/mol. The second-order valence-electron chi connectivity index (χ2n) is 6.23. The zero-order chi connectivity index (χ0) is 18.7. The Labute approximate surface area is 155 Å². The summed E-state index contributed by atoms with van der Waals surface area (Å²) in [7, 11) is 0. The molecular formula is C19H20F3N2OS+. The number of nitrogens with zero attached hydrogens (tertiary/aromatic N) is 1. The molecule has 3 nitrogen and oxygen atoms in total. The van der Waals surface area contributed by atoms with E-state index in [9.17, 15) is 13.2 Å². The Balaban J connectivity index is 1.77. The lowest BCUT2D eigenvalue weighted by molar-refractivity contribution is -0.581. The number of rotatable bonds is 3. The molecule has 1 N–H and O–H groups in total. The molecule has 1 saturated heterocycles. The second kappa shape index (κ2) is 7.61. The van der Waals surface area contributed by atoms with E-state index < -0.39 is 11.7 Å². The van der Waals surface area contributed by atoms with Crippen LogP contribution in [0, 0.1) is 13.8 Å². The second-order valence-corrected chi connectivity index (χ2v) is 6.95. The summed E-state index contributed by atoms with van der Waals surface area (Å²) in [4.78, 5) is 0. The lowest BCUT2D eigenvalue weighted by Gasteiger charge is -2.19. The molecular weight excluding hydrogens is 361 g/mol. The van der Waals surface area contributed by atoms with Crippen LogP contribution in [0.15, 0.2) is 42.5 Å². The van der Waals surface area contributed by atoms with E-state index in [2.05, 4.69) is 9.89 Å². The first-order valence-electron chi connectivity index (χ1n) is 8.31. The van der Waals surface area contributed by atoms with Gasteiger partial charge in [0, 0.05) is 6.42 Å². The van der Waals surface area contributed by atoms with Crippen LogP contribution in [0.4, 0.5) is 18.9 Å². The Bertz CT molecular complexity index is 808. The Morgan fingerprint density at radius 3 is 2.31 bits per heavy atom. The summed E-state index contributed by atoms with van der Waals surface area (Å²) >= 11 is 1.05. The summed E-state index contributed by atoms with van der Waals surface area (Å²) in [5.74, 6) is 0.172. The fourth-order valence-electron chi connectivity index (χ4n) is 2.60. The number of alkyl halides is 3. The Morgan fingerprint density at radius 2 is 1.73 bits per heavy atom. The summed E-state index contributed by atoms with van der Waals surface area (Å²) in [5.41, 5.74) is 2.48. The van der Waals surface area contributed by atoms with Gasteiger partial charge < -0.3 is 4.18 Å². The molecule has 1 heterocycles. The van der Waals surface area contributed by atoms with E-state index in [1.54, 1.807) is 0 Å². The van der Waals surface area contributed by atoms with Gasteiger partial charge in [-0.3, -0.25) is 4.58 Å². The summed E-state index contributed by atoms with van der Waals surface area (Å²) < 4.78 is 46.2. The van der Waals surface area contributed by atoms with Gasteiger partial charge in [0.05, 0.1) is 18.7 Å². The van der Waals surface area contributed by atoms with Crippen LogP contribution in [0.3, 0.4) is 0 Å². The molecule has 3 rings (SSSR count). The van der Waals surface area contributed by atoms with Gasteiger partial charge in [-0.1, -0.05) is 24.3 Å². The highest BCUT2D eigenvalue weighted by Gasteiger charge is 2.31. The quantitative estimate of drug-likeness (QED) is 0.447. The Hall–Kier alpha value is -2.15. The molecule has 1 aliphatic rings. The first kappa shape index (κ1) is 18.6. The van der Waals surface area contributed by atoms with Gasteiger partial charge in [0.1, 0.15) is 11.4 Å². The van der Waals surface area contributed by atoms with E-state index in [1.165, 1.54) is 12.1 Å². The standard InChI is InChI=1S/C19H19F3N2OS/c1-13-6-3-7-14(2)17(13)23-18(24-10-5-11-24)26-25-16-9-4-8-15(12-16)19(20,21)22/h3-4,6-9,12H,5,10-11H2,1-2H3/p+1.